The molecular formula is C13H17BrN4O2. The molecule has 0 aromatic carbocycles. The van der Waals surface area contributed by atoms with Gasteiger partial charge >= 0.3 is 6.03 Å². The maximum atomic E-state index is 12.6. The fraction of sp³-hybridized carbons (Fsp3) is 0.538. The second-order valence-electron chi connectivity index (χ2n) is 5.11. The molecule has 1 atom stereocenters. The first-order chi connectivity index (χ1) is 9.60. The maximum absolute atomic E-state index is 12.6. The first-order valence-corrected chi connectivity index (χ1v) is 7.59. The highest BCUT2D eigenvalue weighted by Crippen LogP contribution is 2.20. The van der Waals surface area contributed by atoms with Crippen LogP contribution in [0, 0.1) is 0 Å². The molecule has 20 heavy (non-hydrogen) atoms. The Bertz CT molecular complexity index is 557. The number of nitrogens with one attached hydrogen (secondary N) is 1. The second kappa shape index (κ2) is 5.12. The largest absolute Gasteiger partial charge is 0.343 e. The minimum Gasteiger partial charge on any atom is -0.343 e. The number of urea groups is 1. The molecule has 0 radical (unpaired) electrons. The van der Waals surface area contributed by atoms with Crippen molar-refractivity contribution in [1.29, 1.82) is 0 Å². The van der Waals surface area contributed by atoms with Gasteiger partial charge in [0, 0.05) is 43.4 Å². The Morgan fingerprint density at radius 3 is 3.05 bits per heavy atom. The predicted octanol–water partition coefficient (Wildman–Crippen LogP) is 1.12. The van der Waals surface area contributed by atoms with E-state index in [-0.39, 0.29) is 18.0 Å². The zero-order chi connectivity index (χ0) is 14.3. The summed E-state index contributed by atoms with van der Waals surface area (Å²) in [7, 11) is 0. The van der Waals surface area contributed by atoms with E-state index < -0.39 is 0 Å². The molecule has 2 aliphatic heterocycles. The number of halogens is 1. The smallest absolute Gasteiger partial charge is 0.317 e. The molecular weight excluding hydrogens is 324 g/mol. The van der Waals surface area contributed by atoms with Crippen molar-refractivity contribution in [3.05, 3.63) is 22.4 Å². The first kappa shape index (κ1) is 13.5. The Kier molecular flexibility index (Phi) is 3.45. The van der Waals surface area contributed by atoms with Gasteiger partial charge in [-0.25, -0.2) is 4.79 Å². The molecule has 3 rings (SSSR count). The highest BCUT2D eigenvalue weighted by Gasteiger charge is 2.37. The number of carbonyl (C=O) groups excluding carboxylic acids is 2. The summed E-state index contributed by atoms with van der Waals surface area (Å²) < 4.78 is 2.86. The van der Waals surface area contributed by atoms with Crippen LogP contribution in [0.1, 0.15) is 17.4 Å². The average Bonchev–Trinajstić information content (AvgIpc) is 3.01. The first-order valence-electron chi connectivity index (χ1n) is 6.79. The van der Waals surface area contributed by atoms with E-state index in [1.54, 1.807) is 0 Å². The lowest BCUT2D eigenvalue weighted by atomic mass is 10.2. The number of rotatable bonds is 2. The average molecular weight is 341 g/mol. The fourth-order valence-corrected chi connectivity index (χ4v) is 3.33. The Labute approximate surface area is 125 Å². The van der Waals surface area contributed by atoms with E-state index in [1.807, 2.05) is 33.6 Å². The van der Waals surface area contributed by atoms with Gasteiger partial charge in [0.25, 0.3) is 5.91 Å². The van der Waals surface area contributed by atoms with Gasteiger partial charge in [-0.2, -0.15) is 0 Å². The monoisotopic (exact) mass is 340 g/mol. The van der Waals surface area contributed by atoms with E-state index in [4.69, 9.17) is 0 Å². The molecule has 0 aliphatic carbocycles. The molecule has 1 aromatic rings. The van der Waals surface area contributed by atoms with Crippen LogP contribution in [0.4, 0.5) is 4.79 Å². The molecule has 7 heteroatoms. The Balaban J connectivity index is 1.76. The molecule has 0 spiro atoms. The highest BCUT2D eigenvalue weighted by molar-refractivity contribution is 9.10. The van der Waals surface area contributed by atoms with Crippen LogP contribution < -0.4 is 5.32 Å². The minimum absolute atomic E-state index is 0.0122. The molecule has 1 N–H and O–H groups in total. The highest BCUT2D eigenvalue weighted by atomic mass is 79.9. The van der Waals surface area contributed by atoms with Crippen LogP contribution in [0.2, 0.25) is 0 Å². The molecule has 1 aromatic heterocycles. The van der Waals surface area contributed by atoms with Crippen LogP contribution in [0.5, 0.6) is 0 Å². The summed E-state index contributed by atoms with van der Waals surface area (Å²) in [6, 6.07) is 1.95. The van der Waals surface area contributed by atoms with Gasteiger partial charge in [-0.15, -0.1) is 0 Å². The van der Waals surface area contributed by atoms with Crippen LogP contribution in [-0.2, 0) is 6.54 Å². The van der Waals surface area contributed by atoms with Gasteiger partial charge in [-0.1, -0.05) is 0 Å². The molecule has 2 fully saturated rings. The van der Waals surface area contributed by atoms with Gasteiger partial charge in [0.05, 0.1) is 6.04 Å². The van der Waals surface area contributed by atoms with Crippen molar-refractivity contribution in [3.8, 4) is 0 Å². The van der Waals surface area contributed by atoms with E-state index in [0.29, 0.717) is 31.9 Å². The van der Waals surface area contributed by atoms with Crippen molar-refractivity contribution in [1.82, 2.24) is 19.7 Å². The minimum atomic E-state index is -0.0122. The Morgan fingerprint density at radius 1 is 1.50 bits per heavy atom. The van der Waals surface area contributed by atoms with Crippen LogP contribution in [0.3, 0.4) is 0 Å². The number of carbonyl (C=O) groups is 2. The van der Waals surface area contributed by atoms with Gasteiger partial charge in [-0.05, 0) is 28.9 Å². The van der Waals surface area contributed by atoms with Crippen molar-refractivity contribution in [3.63, 3.8) is 0 Å². The van der Waals surface area contributed by atoms with E-state index >= 15 is 0 Å². The third-order valence-electron chi connectivity index (χ3n) is 3.94. The third-order valence-corrected chi connectivity index (χ3v) is 4.38. The van der Waals surface area contributed by atoms with Crippen molar-refractivity contribution >= 4 is 27.9 Å². The Morgan fingerprint density at radius 2 is 2.30 bits per heavy atom. The molecule has 108 valence electrons. The van der Waals surface area contributed by atoms with Crippen LogP contribution in [0.25, 0.3) is 0 Å². The van der Waals surface area contributed by atoms with Gasteiger partial charge < -0.3 is 19.7 Å². The summed E-state index contributed by atoms with van der Waals surface area (Å²) in [6.45, 7) is 5.20. The number of nitrogens with zero attached hydrogens (tertiary/aromatic N) is 3. The molecule has 0 bridgehead atoms. The fourth-order valence-electron chi connectivity index (χ4n) is 2.87. The van der Waals surface area contributed by atoms with Crippen molar-refractivity contribution < 1.29 is 9.59 Å². The predicted molar refractivity (Wildman–Crippen MR) is 77.6 cm³/mol. The maximum Gasteiger partial charge on any atom is 0.317 e. The number of fused-ring (bicyclic) bond motifs is 1. The third kappa shape index (κ3) is 2.19. The van der Waals surface area contributed by atoms with Gasteiger partial charge in [-0.3, -0.25) is 4.79 Å². The van der Waals surface area contributed by atoms with Crippen LogP contribution in [0.15, 0.2) is 16.7 Å². The normalized spacial score (nSPS) is 21.9. The van der Waals surface area contributed by atoms with E-state index in [9.17, 15) is 9.59 Å². The van der Waals surface area contributed by atoms with E-state index in [0.717, 1.165) is 11.0 Å². The van der Waals surface area contributed by atoms with Gasteiger partial charge in [0.15, 0.2) is 0 Å². The zero-order valence-corrected chi connectivity index (χ0v) is 12.9. The summed E-state index contributed by atoms with van der Waals surface area (Å²) in [5, 5.41) is 2.82. The molecule has 0 saturated carbocycles. The molecule has 3 amide bonds. The summed E-state index contributed by atoms with van der Waals surface area (Å²) in [4.78, 5) is 27.8. The summed E-state index contributed by atoms with van der Waals surface area (Å²) in [6.07, 6.45) is 1.92. The second-order valence-corrected chi connectivity index (χ2v) is 6.03. The lowest BCUT2D eigenvalue weighted by Gasteiger charge is -2.36. The SMILES string of the molecule is CCn1cc(Br)cc1C(=O)N1CCN2C(=O)NCC2C1. The number of piperazine rings is 1. The van der Waals surface area contributed by atoms with Gasteiger partial charge in [0.2, 0.25) is 0 Å². The molecule has 3 heterocycles. The molecule has 1 unspecified atom stereocenters. The number of hydrogen-bond donors (Lipinski definition) is 1. The lowest BCUT2D eigenvalue weighted by molar-refractivity contribution is 0.0606. The summed E-state index contributed by atoms with van der Waals surface area (Å²) >= 11 is 3.41. The standard InChI is InChI=1S/C13H17BrN4O2/c1-2-16-7-9(14)5-11(16)12(19)17-3-4-18-10(8-17)6-15-13(18)20/h5,7,10H,2-4,6,8H2,1H3,(H,15,20). The zero-order valence-electron chi connectivity index (χ0n) is 11.3. The molecule has 2 saturated heterocycles. The lowest BCUT2D eigenvalue weighted by Crippen LogP contribution is -2.54. The van der Waals surface area contributed by atoms with Gasteiger partial charge in [0.1, 0.15) is 5.69 Å². The quantitative estimate of drug-likeness (QED) is 0.877. The van der Waals surface area contributed by atoms with Crippen molar-refractivity contribution in [2.75, 3.05) is 26.2 Å². The number of hydrogen-bond acceptors (Lipinski definition) is 2. The molecule has 6 nitrogen and oxygen atoms in total. The number of aryl methyl sites for hydroxylation is 1. The Hall–Kier alpha value is -1.50. The number of aromatic nitrogens is 1. The van der Waals surface area contributed by atoms with Crippen molar-refractivity contribution in [2.24, 2.45) is 0 Å². The molecule has 2 aliphatic rings. The summed E-state index contributed by atoms with van der Waals surface area (Å²) in [5.41, 5.74) is 0.699. The van der Waals surface area contributed by atoms with E-state index in [1.165, 1.54) is 0 Å². The van der Waals surface area contributed by atoms with Crippen LogP contribution >= 0.6 is 15.9 Å². The van der Waals surface area contributed by atoms with Crippen molar-refractivity contribution in [2.45, 2.75) is 19.5 Å². The number of amides is 3. The topological polar surface area (TPSA) is 57.6 Å². The van der Waals surface area contributed by atoms with Crippen LogP contribution in [-0.4, -0.2) is 58.5 Å². The summed E-state index contributed by atoms with van der Waals surface area (Å²) in [5.74, 6) is 0.0385. The van der Waals surface area contributed by atoms with E-state index in [2.05, 4.69) is 21.2 Å².